The molecule has 0 radical (unpaired) electrons. The molecule has 1 aromatic carbocycles. The molecule has 0 aliphatic heterocycles. The van der Waals surface area contributed by atoms with Crippen molar-refractivity contribution in [1.82, 2.24) is 4.98 Å². The molecule has 0 atom stereocenters. The van der Waals surface area contributed by atoms with Gasteiger partial charge in [-0.3, -0.25) is 4.98 Å². The average molecular weight is 287 g/mol. The molecule has 0 aliphatic rings. The Labute approximate surface area is 123 Å². The molecule has 2 aromatic rings. The van der Waals surface area contributed by atoms with Crippen molar-refractivity contribution in [2.75, 3.05) is 7.11 Å². The Bertz CT molecular complexity index is 667. The second-order valence-electron chi connectivity index (χ2n) is 4.71. The second-order valence-corrected chi connectivity index (χ2v) is 4.71. The summed E-state index contributed by atoms with van der Waals surface area (Å²) in [6.45, 7) is 3.93. The zero-order chi connectivity index (χ0) is 15.4. The third kappa shape index (κ3) is 3.58. The summed E-state index contributed by atoms with van der Waals surface area (Å²) in [6.07, 6.45) is 0. The van der Waals surface area contributed by atoms with Gasteiger partial charge in [0.2, 0.25) is 0 Å². The molecule has 0 aliphatic carbocycles. The predicted octanol–water partition coefficient (Wildman–Crippen LogP) is 3.34. The summed E-state index contributed by atoms with van der Waals surface area (Å²) < 4.78 is 10.8. The number of rotatable bonds is 5. The van der Waals surface area contributed by atoms with Crippen molar-refractivity contribution in [2.24, 2.45) is 0 Å². The van der Waals surface area contributed by atoms with E-state index in [1.807, 2.05) is 18.2 Å². The number of ether oxygens (including phenoxy) is 2. The summed E-state index contributed by atoms with van der Waals surface area (Å²) in [6, 6.07) is 8.97. The largest absolute Gasteiger partial charge is 0.477 e. The average Bonchev–Trinajstić information content (AvgIpc) is 2.38. The van der Waals surface area contributed by atoms with Crippen LogP contribution in [0.1, 0.15) is 27.3 Å². The van der Waals surface area contributed by atoms with E-state index in [9.17, 15) is 9.90 Å². The fourth-order valence-electron chi connectivity index (χ4n) is 2.13. The van der Waals surface area contributed by atoms with Crippen LogP contribution in [0, 0.1) is 13.8 Å². The van der Waals surface area contributed by atoms with Crippen molar-refractivity contribution in [2.45, 2.75) is 20.5 Å². The number of methoxy groups -OCH3 is 1. The monoisotopic (exact) mass is 287 g/mol. The minimum Gasteiger partial charge on any atom is -0.477 e. The first-order valence-electron chi connectivity index (χ1n) is 6.48. The van der Waals surface area contributed by atoms with Crippen molar-refractivity contribution < 1.29 is 19.4 Å². The van der Waals surface area contributed by atoms with E-state index in [4.69, 9.17) is 9.47 Å². The first-order valence-corrected chi connectivity index (χ1v) is 6.48. The van der Waals surface area contributed by atoms with Gasteiger partial charge in [-0.2, -0.15) is 0 Å². The van der Waals surface area contributed by atoms with E-state index in [1.165, 1.54) is 0 Å². The maximum Gasteiger partial charge on any atom is 0.341 e. The Hall–Kier alpha value is -2.40. The smallest absolute Gasteiger partial charge is 0.341 e. The van der Waals surface area contributed by atoms with Crippen LogP contribution in [-0.2, 0) is 11.3 Å². The first-order chi connectivity index (χ1) is 10.0. The predicted molar refractivity (Wildman–Crippen MR) is 77.9 cm³/mol. The maximum atomic E-state index is 11.4. The van der Waals surface area contributed by atoms with Gasteiger partial charge in [0.25, 0.3) is 0 Å². The van der Waals surface area contributed by atoms with E-state index in [1.54, 1.807) is 33.1 Å². The molecule has 0 fully saturated rings. The summed E-state index contributed by atoms with van der Waals surface area (Å²) in [5, 5.41) is 9.31. The van der Waals surface area contributed by atoms with E-state index in [0.29, 0.717) is 29.5 Å². The van der Waals surface area contributed by atoms with Gasteiger partial charge in [-0.15, -0.1) is 0 Å². The molecule has 0 saturated heterocycles. The van der Waals surface area contributed by atoms with Crippen molar-refractivity contribution in [3.05, 3.63) is 52.8 Å². The maximum absolute atomic E-state index is 11.4. The Balaban J connectivity index is 2.39. The third-order valence-electron chi connectivity index (χ3n) is 2.94. The van der Waals surface area contributed by atoms with Crippen LogP contribution in [0.2, 0.25) is 0 Å². The number of aromatic carboxylic acids is 1. The molecule has 0 amide bonds. The van der Waals surface area contributed by atoms with Crippen molar-refractivity contribution in [3.63, 3.8) is 0 Å². The first kappa shape index (κ1) is 15.0. The number of hydrogen-bond donors (Lipinski definition) is 1. The van der Waals surface area contributed by atoms with Gasteiger partial charge in [0.15, 0.2) is 0 Å². The summed E-state index contributed by atoms with van der Waals surface area (Å²) in [4.78, 5) is 15.5. The van der Waals surface area contributed by atoms with Gasteiger partial charge in [0, 0.05) is 18.9 Å². The molecule has 0 bridgehead atoms. The Morgan fingerprint density at radius 2 is 2.05 bits per heavy atom. The molecule has 2 rings (SSSR count). The molecular weight excluding hydrogens is 270 g/mol. The second kappa shape index (κ2) is 6.37. The highest BCUT2D eigenvalue weighted by Gasteiger charge is 2.17. The Morgan fingerprint density at radius 3 is 2.71 bits per heavy atom. The Kier molecular flexibility index (Phi) is 4.55. The lowest BCUT2D eigenvalue weighted by Crippen LogP contribution is -2.06. The van der Waals surface area contributed by atoms with E-state index in [0.717, 1.165) is 5.56 Å². The van der Waals surface area contributed by atoms with Crippen LogP contribution in [0.25, 0.3) is 0 Å². The van der Waals surface area contributed by atoms with Crippen molar-refractivity contribution in [1.29, 1.82) is 0 Å². The number of pyridine rings is 1. The molecule has 1 N–H and O–H groups in total. The highest BCUT2D eigenvalue weighted by Crippen LogP contribution is 2.28. The molecule has 21 heavy (non-hydrogen) atoms. The molecule has 5 heteroatoms. The fraction of sp³-hybridized carbons (Fsp3) is 0.250. The summed E-state index contributed by atoms with van der Waals surface area (Å²) >= 11 is 0. The SMILES string of the molecule is COCc1cccc(Oc2cc(C)nc(C)c2C(=O)O)c1. The number of benzene rings is 1. The standard InChI is InChI=1S/C16H17NO4/c1-10-7-14(15(16(18)19)11(2)17-10)21-13-6-4-5-12(8-13)9-20-3/h4-8H,9H2,1-3H3,(H,18,19). The van der Waals surface area contributed by atoms with Crippen LogP contribution in [0.3, 0.4) is 0 Å². The highest BCUT2D eigenvalue weighted by atomic mass is 16.5. The molecule has 5 nitrogen and oxygen atoms in total. The van der Waals surface area contributed by atoms with Gasteiger partial charge in [-0.1, -0.05) is 12.1 Å². The summed E-state index contributed by atoms with van der Waals surface area (Å²) in [5.41, 5.74) is 2.18. The van der Waals surface area contributed by atoms with Gasteiger partial charge < -0.3 is 14.6 Å². The van der Waals surface area contributed by atoms with E-state index < -0.39 is 5.97 Å². The van der Waals surface area contributed by atoms with Crippen LogP contribution in [0.4, 0.5) is 0 Å². The number of carboxylic acids is 1. The minimum absolute atomic E-state index is 0.0812. The molecular formula is C16H17NO4. The van der Waals surface area contributed by atoms with Crippen LogP contribution in [-0.4, -0.2) is 23.2 Å². The molecule has 110 valence electrons. The van der Waals surface area contributed by atoms with Crippen LogP contribution in [0.5, 0.6) is 11.5 Å². The van der Waals surface area contributed by atoms with Gasteiger partial charge in [-0.25, -0.2) is 4.79 Å². The molecule has 1 aromatic heterocycles. The quantitative estimate of drug-likeness (QED) is 0.913. The van der Waals surface area contributed by atoms with Gasteiger partial charge in [0.1, 0.15) is 17.1 Å². The van der Waals surface area contributed by atoms with Crippen LogP contribution in [0.15, 0.2) is 30.3 Å². The lowest BCUT2D eigenvalue weighted by atomic mass is 10.1. The number of nitrogens with zero attached hydrogens (tertiary/aromatic N) is 1. The minimum atomic E-state index is -1.05. The van der Waals surface area contributed by atoms with Crippen molar-refractivity contribution in [3.8, 4) is 11.5 Å². The summed E-state index contributed by atoms with van der Waals surface area (Å²) in [7, 11) is 1.62. The fourth-order valence-corrected chi connectivity index (χ4v) is 2.13. The van der Waals surface area contributed by atoms with Gasteiger partial charge in [-0.05, 0) is 31.5 Å². The third-order valence-corrected chi connectivity index (χ3v) is 2.94. The van der Waals surface area contributed by atoms with E-state index in [2.05, 4.69) is 4.98 Å². The normalized spacial score (nSPS) is 10.4. The molecule has 1 heterocycles. The lowest BCUT2D eigenvalue weighted by Gasteiger charge is -2.12. The van der Waals surface area contributed by atoms with E-state index in [-0.39, 0.29) is 5.56 Å². The molecule has 0 unspecified atom stereocenters. The number of carboxylic acid groups (broad SMARTS) is 1. The van der Waals surface area contributed by atoms with Crippen LogP contribution < -0.4 is 4.74 Å². The molecule has 0 spiro atoms. The number of carbonyl (C=O) groups is 1. The highest BCUT2D eigenvalue weighted by molar-refractivity contribution is 5.92. The zero-order valence-electron chi connectivity index (χ0n) is 12.2. The van der Waals surface area contributed by atoms with E-state index >= 15 is 0 Å². The van der Waals surface area contributed by atoms with Crippen LogP contribution >= 0.6 is 0 Å². The lowest BCUT2D eigenvalue weighted by molar-refractivity contribution is 0.0692. The Morgan fingerprint density at radius 1 is 1.29 bits per heavy atom. The van der Waals surface area contributed by atoms with Gasteiger partial charge >= 0.3 is 5.97 Å². The van der Waals surface area contributed by atoms with Gasteiger partial charge in [0.05, 0.1) is 12.3 Å². The number of aromatic nitrogens is 1. The zero-order valence-corrected chi connectivity index (χ0v) is 12.2. The summed E-state index contributed by atoms with van der Waals surface area (Å²) in [5.74, 6) is -0.192. The number of aryl methyl sites for hydroxylation is 2. The van der Waals surface area contributed by atoms with Crippen molar-refractivity contribution >= 4 is 5.97 Å². The topological polar surface area (TPSA) is 68.7 Å². The number of hydrogen-bond acceptors (Lipinski definition) is 4. The molecule has 0 saturated carbocycles.